The number of nitrogens with zero attached hydrogens (tertiary/aromatic N) is 2. The maximum Gasteiger partial charge on any atom is 0.201 e. The van der Waals surface area contributed by atoms with E-state index >= 15 is 0 Å². The zero-order valence-electron chi connectivity index (χ0n) is 11.1. The van der Waals surface area contributed by atoms with Gasteiger partial charge in [-0.25, -0.2) is 4.98 Å². The van der Waals surface area contributed by atoms with Gasteiger partial charge in [0.05, 0.1) is 24.8 Å². The maximum absolute atomic E-state index is 5.95. The lowest BCUT2D eigenvalue weighted by Crippen LogP contribution is -2.10. The average molecular weight is 261 g/mol. The van der Waals surface area contributed by atoms with Crippen LogP contribution in [0, 0.1) is 5.92 Å². The fourth-order valence-electron chi connectivity index (χ4n) is 2.18. The van der Waals surface area contributed by atoms with Gasteiger partial charge in [-0.1, -0.05) is 0 Å². The van der Waals surface area contributed by atoms with Crippen molar-refractivity contribution in [2.45, 2.75) is 19.4 Å². The molecule has 2 N–H and O–H groups in total. The summed E-state index contributed by atoms with van der Waals surface area (Å²) in [6.45, 7) is 2.29. The summed E-state index contributed by atoms with van der Waals surface area (Å²) >= 11 is 0. The van der Waals surface area contributed by atoms with Crippen LogP contribution >= 0.6 is 0 Å². The van der Waals surface area contributed by atoms with Gasteiger partial charge in [-0.2, -0.15) is 0 Å². The standard InChI is InChI=1S/C14H19N3O2/c1-18-11-4-5-13-12(8-11)16-14(15)17(13)6-7-19-9-10-2-3-10/h4-5,8,10H,2-3,6-7,9H2,1H3,(H2,15,16). The molecule has 1 aliphatic carbocycles. The van der Waals surface area contributed by atoms with Gasteiger partial charge in [0.15, 0.2) is 0 Å². The van der Waals surface area contributed by atoms with Crippen molar-refractivity contribution in [2.75, 3.05) is 26.1 Å². The Morgan fingerprint density at radius 3 is 3.00 bits per heavy atom. The van der Waals surface area contributed by atoms with Crippen LogP contribution in [0.15, 0.2) is 18.2 Å². The molecule has 0 saturated heterocycles. The molecule has 1 aromatic heterocycles. The highest BCUT2D eigenvalue weighted by atomic mass is 16.5. The Hall–Kier alpha value is -1.75. The molecule has 0 unspecified atom stereocenters. The zero-order valence-corrected chi connectivity index (χ0v) is 11.1. The van der Waals surface area contributed by atoms with E-state index in [0.29, 0.717) is 12.6 Å². The van der Waals surface area contributed by atoms with Crippen LogP contribution in [0.5, 0.6) is 5.75 Å². The van der Waals surface area contributed by atoms with Crippen molar-refractivity contribution >= 4 is 17.0 Å². The fourth-order valence-corrected chi connectivity index (χ4v) is 2.18. The van der Waals surface area contributed by atoms with Crippen LogP contribution in [0.4, 0.5) is 5.95 Å². The van der Waals surface area contributed by atoms with Crippen LogP contribution in [0.1, 0.15) is 12.8 Å². The Balaban J connectivity index is 1.71. The molecule has 0 amide bonds. The molecule has 102 valence electrons. The van der Waals surface area contributed by atoms with Gasteiger partial charge in [-0.3, -0.25) is 0 Å². The van der Waals surface area contributed by atoms with Crippen molar-refractivity contribution in [3.8, 4) is 5.75 Å². The van der Waals surface area contributed by atoms with Crippen molar-refractivity contribution < 1.29 is 9.47 Å². The summed E-state index contributed by atoms with van der Waals surface area (Å²) < 4.78 is 12.8. The van der Waals surface area contributed by atoms with Crippen molar-refractivity contribution in [1.29, 1.82) is 0 Å². The first-order valence-electron chi connectivity index (χ1n) is 6.65. The van der Waals surface area contributed by atoms with E-state index in [4.69, 9.17) is 15.2 Å². The van der Waals surface area contributed by atoms with E-state index in [1.807, 2.05) is 22.8 Å². The Morgan fingerprint density at radius 2 is 2.26 bits per heavy atom. The summed E-state index contributed by atoms with van der Waals surface area (Å²) in [5.74, 6) is 2.11. The number of nitrogens with two attached hydrogens (primary N) is 1. The molecule has 2 aromatic rings. The summed E-state index contributed by atoms with van der Waals surface area (Å²) in [5, 5.41) is 0. The highest BCUT2D eigenvalue weighted by Crippen LogP contribution is 2.28. The lowest BCUT2D eigenvalue weighted by Gasteiger charge is -2.07. The van der Waals surface area contributed by atoms with Crippen molar-refractivity contribution in [1.82, 2.24) is 9.55 Å². The molecule has 1 aromatic carbocycles. The van der Waals surface area contributed by atoms with E-state index in [-0.39, 0.29) is 0 Å². The summed E-state index contributed by atoms with van der Waals surface area (Å²) in [5.41, 5.74) is 7.84. The molecular weight excluding hydrogens is 242 g/mol. The quantitative estimate of drug-likeness (QED) is 0.808. The molecule has 1 saturated carbocycles. The number of hydrogen-bond acceptors (Lipinski definition) is 4. The molecule has 0 spiro atoms. The molecule has 3 rings (SSSR count). The van der Waals surface area contributed by atoms with E-state index in [0.717, 1.165) is 35.9 Å². The highest BCUT2D eigenvalue weighted by Gasteiger charge is 2.21. The topological polar surface area (TPSA) is 62.3 Å². The number of hydrogen-bond donors (Lipinski definition) is 1. The minimum atomic E-state index is 0.526. The lowest BCUT2D eigenvalue weighted by molar-refractivity contribution is 0.118. The third-order valence-corrected chi connectivity index (χ3v) is 3.49. The number of aromatic nitrogens is 2. The normalized spacial score (nSPS) is 15.0. The first-order valence-corrected chi connectivity index (χ1v) is 6.65. The van der Waals surface area contributed by atoms with Gasteiger partial charge in [0.2, 0.25) is 5.95 Å². The van der Waals surface area contributed by atoms with Crippen molar-refractivity contribution in [3.63, 3.8) is 0 Å². The molecule has 1 heterocycles. The van der Waals surface area contributed by atoms with E-state index in [9.17, 15) is 0 Å². The van der Waals surface area contributed by atoms with Gasteiger partial charge < -0.3 is 19.8 Å². The van der Waals surface area contributed by atoms with E-state index in [1.54, 1.807) is 7.11 Å². The van der Waals surface area contributed by atoms with Gasteiger partial charge in [0.1, 0.15) is 5.75 Å². The second kappa shape index (κ2) is 5.09. The molecule has 0 radical (unpaired) electrons. The molecule has 5 heteroatoms. The maximum atomic E-state index is 5.95. The number of anilines is 1. The van der Waals surface area contributed by atoms with Gasteiger partial charge in [0, 0.05) is 19.2 Å². The van der Waals surface area contributed by atoms with Crippen molar-refractivity contribution in [2.24, 2.45) is 5.92 Å². The Morgan fingerprint density at radius 1 is 1.42 bits per heavy atom. The summed E-state index contributed by atoms with van der Waals surface area (Å²) in [6.07, 6.45) is 2.63. The molecule has 0 atom stereocenters. The van der Waals surface area contributed by atoms with Gasteiger partial charge in [-0.05, 0) is 30.9 Å². The number of methoxy groups -OCH3 is 1. The summed E-state index contributed by atoms with van der Waals surface area (Å²) in [7, 11) is 1.65. The molecule has 1 aliphatic rings. The molecule has 0 aliphatic heterocycles. The zero-order chi connectivity index (χ0) is 13.2. The second-order valence-electron chi connectivity index (χ2n) is 4.99. The lowest BCUT2D eigenvalue weighted by atomic mass is 10.3. The molecular formula is C14H19N3O2. The Kier molecular flexibility index (Phi) is 3.29. The monoisotopic (exact) mass is 261 g/mol. The van der Waals surface area contributed by atoms with Gasteiger partial charge in [-0.15, -0.1) is 0 Å². The van der Waals surface area contributed by atoms with Crippen LogP contribution in [0.3, 0.4) is 0 Å². The number of ether oxygens (including phenoxy) is 2. The van der Waals surface area contributed by atoms with Gasteiger partial charge >= 0.3 is 0 Å². The molecule has 19 heavy (non-hydrogen) atoms. The third kappa shape index (κ3) is 2.66. The van der Waals surface area contributed by atoms with E-state index in [2.05, 4.69) is 4.98 Å². The number of rotatable bonds is 6. The third-order valence-electron chi connectivity index (χ3n) is 3.49. The predicted molar refractivity (Wildman–Crippen MR) is 74.2 cm³/mol. The second-order valence-corrected chi connectivity index (χ2v) is 4.99. The molecule has 0 bridgehead atoms. The molecule has 5 nitrogen and oxygen atoms in total. The number of nitrogen functional groups attached to an aromatic ring is 1. The molecule has 1 fully saturated rings. The average Bonchev–Trinajstić information content (AvgIpc) is 3.18. The minimum absolute atomic E-state index is 0.526. The highest BCUT2D eigenvalue weighted by molar-refractivity contribution is 5.79. The fraction of sp³-hybridized carbons (Fsp3) is 0.500. The number of imidazole rings is 1. The largest absolute Gasteiger partial charge is 0.497 e. The predicted octanol–water partition coefficient (Wildman–Crippen LogP) is 2.05. The minimum Gasteiger partial charge on any atom is -0.497 e. The van der Waals surface area contributed by atoms with Crippen molar-refractivity contribution in [3.05, 3.63) is 18.2 Å². The Bertz CT molecular complexity index is 575. The Labute approximate surface area is 112 Å². The van der Waals surface area contributed by atoms with Gasteiger partial charge in [0.25, 0.3) is 0 Å². The van der Waals surface area contributed by atoms with Crippen LogP contribution in [0.2, 0.25) is 0 Å². The smallest absolute Gasteiger partial charge is 0.201 e. The van der Waals surface area contributed by atoms with Crippen LogP contribution in [-0.4, -0.2) is 29.9 Å². The van der Waals surface area contributed by atoms with E-state index < -0.39 is 0 Å². The number of benzene rings is 1. The van der Waals surface area contributed by atoms with Crippen LogP contribution in [-0.2, 0) is 11.3 Å². The van der Waals surface area contributed by atoms with Crippen LogP contribution < -0.4 is 10.5 Å². The summed E-state index contributed by atoms with van der Waals surface area (Å²) in [6, 6.07) is 5.80. The van der Waals surface area contributed by atoms with E-state index in [1.165, 1.54) is 12.8 Å². The first kappa shape index (κ1) is 12.3. The summed E-state index contributed by atoms with van der Waals surface area (Å²) in [4.78, 5) is 4.35. The first-order chi connectivity index (χ1) is 9.28. The SMILES string of the molecule is COc1ccc2c(c1)nc(N)n2CCOCC1CC1. The number of fused-ring (bicyclic) bond motifs is 1. The van der Waals surface area contributed by atoms with Crippen LogP contribution in [0.25, 0.3) is 11.0 Å².